The number of urea groups is 1. The summed E-state index contributed by atoms with van der Waals surface area (Å²) in [5.74, 6) is 0.482. The van der Waals surface area contributed by atoms with Gasteiger partial charge in [-0.3, -0.25) is 0 Å². The van der Waals surface area contributed by atoms with Gasteiger partial charge in [-0.2, -0.15) is 13.2 Å². The molecule has 0 atom stereocenters. The minimum Gasteiger partial charge on any atom is -0.492 e. The zero-order valence-corrected chi connectivity index (χ0v) is 16.6. The second-order valence-electron chi connectivity index (χ2n) is 5.51. The lowest BCUT2D eigenvalue weighted by Crippen LogP contribution is -2.31. The largest absolute Gasteiger partial charge is 0.492 e. The number of amides is 2. The molecular formula is C16H18ClF3N4O3S. The summed E-state index contributed by atoms with van der Waals surface area (Å²) in [4.78, 5) is 12.8. The molecule has 1 heterocycles. The van der Waals surface area contributed by atoms with E-state index in [4.69, 9.17) is 26.8 Å². The molecule has 154 valence electrons. The van der Waals surface area contributed by atoms with Gasteiger partial charge < -0.3 is 15.2 Å². The van der Waals surface area contributed by atoms with Crippen LogP contribution in [-0.4, -0.2) is 29.4 Å². The van der Waals surface area contributed by atoms with E-state index < -0.39 is 17.2 Å². The lowest BCUT2D eigenvalue weighted by molar-refractivity contribution is -0.138. The third kappa shape index (κ3) is 5.16. The first kappa shape index (κ1) is 22.0. The quantitative estimate of drug-likeness (QED) is 0.626. The average Bonchev–Trinajstić information content (AvgIpc) is 3.10. The number of hydrogen-bond acceptors (Lipinski definition) is 6. The Morgan fingerprint density at radius 2 is 1.79 bits per heavy atom. The number of primary amides is 1. The Morgan fingerprint density at radius 1 is 1.18 bits per heavy atom. The van der Waals surface area contributed by atoms with Crippen molar-refractivity contribution in [3.8, 4) is 11.5 Å². The van der Waals surface area contributed by atoms with E-state index in [9.17, 15) is 18.0 Å². The molecule has 0 spiro atoms. The molecule has 2 aromatic rings. The predicted octanol–water partition coefficient (Wildman–Crippen LogP) is 5.00. The predicted molar refractivity (Wildman–Crippen MR) is 99.7 cm³/mol. The van der Waals surface area contributed by atoms with E-state index in [-0.39, 0.29) is 32.9 Å². The van der Waals surface area contributed by atoms with Crippen LogP contribution in [0, 0.1) is 0 Å². The van der Waals surface area contributed by atoms with Crippen LogP contribution in [-0.2, 0) is 6.18 Å². The van der Waals surface area contributed by atoms with Crippen molar-refractivity contribution in [1.82, 2.24) is 10.2 Å². The molecule has 0 aliphatic heterocycles. The molecule has 12 heteroatoms. The number of carbonyl (C=O) groups excluding carboxylic acids is 1. The zero-order valence-electron chi connectivity index (χ0n) is 15.0. The minimum atomic E-state index is -4.70. The van der Waals surface area contributed by atoms with Crippen LogP contribution in [0.2, 0.25) is 5.02 Å². The number of hydrogen-bond donors (Lipinski definition) is 1. The molecule has 0 unspecified atom stereocenters. The van der Waals surface area contributed by atoms with E-state index in [1.54, 1.807) is 0 Å². The van der Waals surface area contributed by atoms with Gasteiger partial charge in [0.1, 0.15) is 11.5 Å². The van der Waals surface area contributed by atoms with Gasteiger partial charge in [-0.25, -0.2) is 9.69 Å². The molecule has 0 aliphatic carbocycles. The first-order chi connectivity index (χ1) is 13.2. The summed E-state index contributed by atoms with van der Waals surface area (Å²) in [7, 11) is 0. The van der Waals surface area contributed by atoms with Crippen molar-refractivity contribution < 1.29 is 27.4 Å². The number of halogens is 4. The molecule has 1 aromatic heterocycles. The maximum atomic E-state index is 12.9. The summed E-state index contributed by atoms with van der Waals surface area (Å²) >= 11 is 6.39. The van der Waals surface area contributed by atoms with Crippen LogP contribution in [0.15, 0.2) is 12.1 Å². The Bertz CT molecular complexity index is 832. The van der Waals surface area contributed by atoms with Crippen molar-refractivity contribution in [3.63, 3.8) is 0 Å². The minimum absolute atomic E-state index is 0.0414. The van der Waals surface area contributed by atoms with Gasteiger partial charge in [0.2, 0.25) is 10.1 Å². The third-order valence-electron chi connectivity index (χ3n) is 3.25. The smallest absolute Gasteiger partial charge is 0.445 e. The number of benzene rings is 1. The van der Waals surface area contributed by atoms with Crippen molar-refractivity contribution in [2.75, 3.05) is 18.1 Å². The molecule has 0 saturated heterocycles. The topological polar surface area (TPSA) is 90.6 Å². The highest BCUT2D eigenvalue weighted by molar-refractivity contribution is 7.15. The number of aromatic nitrogens is 2. The van der Waals surface area contributed by atoms with Crippen LogP contribution in [0.3, 0.4) is 0 Å². The number of anilines is 2. The van der Waals surface area contributed by atoms with Crippen LogP contribution < -0.4 is 20.1 Å². The van der Waals surface area contributed by atoms with E-state index >= 15 is 0 Å². The van der Waals surface area contributed by atoms with Crippen LogP contribution >= 0.6 is 22.9 Å². The number of nitrogens with two attached hydrogens (primary N) is 1. The van der Waals surface area contributed by atoms with Gasteiger partial charge in [-0.1, -0.05) is 36.8 Å². The standard InChI is InChI=1S/C16H18ClF3N4O3S/c1-3-5-26-11-8-12(27-6-4-2)10(7-9(11)17)24(14(21)25)15-23-22-13(28-15)16(18,19)20/h7-8H,3-6H2,1-2H3,(H2,21,25). The lowest BCUT2D eigenvalue weighted by atomic mass is 10.2. The highest BCUT2D eigenvalue weighted by atomic mass is 35.5. The molecule has 1 aromatic carbocycles. The number of alkyl halides is 3. The maximum absolute atomic E-state index is 12.9. The summed E-state index contributed by atoms with van der Waals surface area (Å²) < 4.78 is 49.8. The lowest BCUT2D eigenvalue weighted by Gasteiger charge is -2.22. The summed E-state index contributed by atoms with van der Waals surface area (Å²) in [5, 5.41) is 5.10. The fourth-order valence-electron chi connectivity index (χ4n) is 2.09. The van der Waals surface area contributed by atoms with Crippen LogP contribution in [0.1, 0.15) is 31.7 Å². The van der Waals surface area contributed by atoms with Crippen LogP contribution in [0.25, 0.3) is 0 Å². The number of carbonyl (C=O) groups is 1. The first-order valence-corrected chi connectivity index (χ1v) is 9.47. The second kappa shape index (κ2) is 9.28. The summed E-state index contributed by atoms with van der Waals surface area (Å²) in [6, 6.07) is 1.73. The summed E-state index contributed by atoms with van der Waals surface area (Å²) in [5.41, 5.74) is 5.44. The summed E-state index contributed by atoms with van der Waals surface area (Å²) in [6.45, 7) is 4.48. The molecule has 2 rings (SSSR count). The van der Waals surface area contributed by atoms with Gasteiger partial charge in [0.25, 0.3) is 0 Å². The van der Waals surface area contributed by atoms with Crippen molar-refractivity contribution in [1.29, 1.82) is 0 Å². The van der Waals surface area contributed by atoms with Crippen LogP contribution in [0.4, 0.5) is 28.8 Å². The second-order valence-corrected chi connectivity index (χ2v) is 6.87. The Hall–Kier alpha value is -2.27. The van der Waals surface area contributed by atoms with E-state index in [1.807, 2.05) is 13.8 Å². The SMILES string of the molecule is CCCOc1cc(OCCC)c(N(C(N)=O)c2nnc(C(F)(F)F)s2)cc1Cl. The van der Waals surface area contributed by atoms with E-state index in [0.29, 0.717) is 25.4 Å². The number of rotatable bonds is 8. The van der Waals surface area contributed by atoms with Gasteiger partial charge in [0, 0.05) is 6.07 Å². The van der Waals surface area contributed by atoms with Gasteiger partial charge in [-0.05, 0) is 18.9 Å². The van der Waals surface area contributed by atoms with Gasteiger partial charge in [-0.15, -0.1) is 10.2 Å². The molecule has 0 radical (unpaired) electrons. The molecular weight excluding hydrogens is 421 g/mol. The van der Waals surface area contributed by atoms with Crippen molar-refractivity contribution >= 4 is 39.8 Å². The normalized spacial score (nSPS) is 11.4. The molecule has 28 heavy (non-hydrogen) atoms. The van der Waals surface area contributed by atoms with Gasteiger partial charge in [0.05, 0.1) is 23.9 Å². The Morgan fingerprint density at radius 3 is 2.29 bits per heavy atom. The monoisotopic (exact) mass is 438 g/mol. The van der Waals surface area contributed by atoms with Gasteiger partial charge >= 0.3 is 12.2 Å². The Balaban J connectivity index is 2.54. The number of ether oxygens (including phenoxy) is 2. The highest BCUT2D eigenvalue weighted by Gasteiger charge is 2.37. The Kier molecular flexibility index (Phi) is 7.30. The fourth-order valence-corrected chi connectivity index (χ4v) is 3.03. The summed E-state index contributed by atoms with van der Waals surface area (Å²) in [6.07, 6.45) is -3.31. The molecule has 7 nitrogen and oxygen atoms in total. The average molecular weight is 439 g/mol. The van der Waals surface area contributed by atoms with E-state index in [1.165, 1.54) is 12.1 Å². The van der Waals surface area contributed by atoms with E-state index in [2.05, 4.69) is 10.2 Å². The van der Waals surface area contributed by atoms with Crippen molar-refractivity contribution in [3.05, 3.63) is 22.2 Å². The maximum Gasteiger partial charge on any atom is 0.445 e. The number of nitrogens with zero attached hydrogens (tertiary/aromatic N) is 3. The van der Waals surface area contributed by atoms with Crippen molar-refractivity contribution in [2.24, 2.45) is 5.73 Å². The highest BCUT2D eigenvalue weighted by Crippen LogP contribution is 2.43. The third-order valence-corrected chi connectivity index (χ3v) is 4.49. The molecule has 0 fully saturated rings. The fraction of sp³-hybridized carbons (Fsp3) is 0.438. The first-order valence-electron chi connectivity index (χ1n) is 8.28. The molecule has 2 amide bonds. The van der Waals surface area contributed by atoms with Gasteiger partial charge in [0.15, 0.2) is 0 Å². The Labute approximate surface area is 168 Å². The molecule has 0 bridgehead atoms. The van der Waals surface area contributed by atoms with Crippen LogP contribution in [0.5, 0.6) is 11.5 Å². The molecule has 2 N–H and O–H groups in total. The molecule has 0 aliphatic rings. The van der Waals surface area contributed by atoms with E-state index in [0.717, 1.165) is 11.3 Å². The zero-order chi connectivity index (χ0) is 20.9. The molecule has 0 saturated carbocycles. The van der Waals surface area contributed by atoms with Crippen molar-refractivity contribution in [2.45, 2.75) is 32.9 Å².